The van der Waals surface area contributed by atoms with Crippen molar-refractivity contribution in [2.75, 3.05) is 18.0 Å². The topological polar surface area (TPSA) is 72.3 Å². The molecule has 2 aliphatic rings. The van der Waals surface area contributed by atoms with Crippen molar-refractivity contribution in [3.05, 3.63) is 23.8 Å². The molecule has 0 spiro atoms. The highest BCUT2D eigenvalue weighted by Gasteiger charge is 2.51. The maximum absolute atomic E-state index is 12.9. The summed E-state index contributed by atoms with van der Waals surface area (Å²) in [5.41, 5.74) is 13.9. The van der Waals surface area contributed by atoms with Gasteiger partial charge in [0.1, 0.15) is 0 Å². The van der Waals surface area contributed by atoms with Crippen molar-refractivity contribution in [3.63, 3.8) is 0 Å². The summed E-state index contributed by atoms with van der Waals surface area (Å²) in [5.74, 6) is 0.0698. The van der Waals surface area contributed by atoms with Crippen molar-refractivity contribution in [1.82, 2.24) is 4.90 Å². The highest BCUT2D eigenvalue weighted by molar-refractivity contribution is 5.96. The highest BCUT2D eigenvalue weighted by Crippen LogP contribution is 2.52. The summed E-state index contributed by atoms with van der Waals surface area (Å²) in [5, 5.41) is 0. The van der Waals surface area contributed by atoms with Crippen molar-refractivity contribution in [2.24, 2.45) is 10.8 Å². The first-order valence-electron chi connectivity index (χ1n) is 7.65. The van der Waals surface area contributed by atoms with Crippen LogP contribution in [0.15, 0.2) is 18.2 Å². The van der Waals surface area contributed by atoms with Crippen LogP contribution in [0.5, 0.6) is 0 Å². The van der Waals surface area contributed by atoms with E-state index in [1.54, 1.807) is 18.2 Å². The number of rotatable bonds is 1. The molecule has 2 unspecified atom stereocenters. The lowest BCUT2D eigenvalue weighted by atomic mass is 9.65. The number of nitrogens with two attached hydrogens (primary N) is 2. The van der Waals surface area contributed by atoms with Gasteiger partial charge in [0.05, 0.1) is 0 Å². The van der Waals surface area contributed by atoms with Gasteiger partial charge < -0.3 is 16.4 Å². The number of carbonyl (C=O) groups excluding carboxylic acids is 1. The predicted molar refractivity (Wildman–Crippen MR) is 85.8 cm³/mol. The minimum Gasteiger partial charge on any atom is -0.399 e. The van der Waals surface area contributed by atoms with Gasteiger partial charge in [0.25, 0.3) is 5.91 Å². The first-order valence-corrected chi connectivity index (χ1v) is 7.65. The summed E-state index contributed by atoms with van der Waals surface area (Å²) in [6.07, 6.45) is 3.37. The minimum atomic E-state index is 0.0698. The molecule has 1 aliphatic heterocycles. The van der Waals surface area contributed by atoms with E-state index in [9.17, 15) is 4.79 Å². The monoisotopic (exact) mass is 287 g/mol. The van der Waals surface area contributed by atoms with Gasteiger partial charge in [0, 0.05) is 29.5 Å². The fourth-order valence-corrected chi connectivity index (χ4v) is 4.66. The first kappa shape index (κ1) is 14.2. The fourth-order valence-electron chi connectivity index (χ4n) is 4.66. The third kappa shape index (κ3) is 2.59. The average Bonchev–Trinajstić information content (AvgIpc) is 2.56. The summed E-state index contributed by atoms with van der Waals surface area (Å²) in [4.78, 5) is 14.9. The van der Waals surface area contributed by atoms with Gasteiger partial charge in [0.2, 0.25) is 0 Å². The van der Waals surface area contributed by atoms with Crippen LogP contribution in [0.3, 0.4) is 0 Å². The molecule has 2 fully saturated rings. The Morgan fingerprint density at radius 3 is 2.38 bits per heavy atom. The van der Waals surface area contributed by atoms with E-state index in [1.807, 2.05) is 4.90 Å². The Balaban J connectivity index is 1.89. The van der Waals surface area contributed by atoms with Crippen molar-refractivity contribution < 1.29 is 4.79 Å². The summed E-state index contributed by atoms with van der Waals surface area (Å²) in [6.45, 7) is 7.77. The molecule has 4 heteroatoms. The smallest absolute Gasteiger partial charge is 0.254 e. The molecule has 1 aliphatic carbocycles. The molecule has 1 saturated carbocycles. The Labute approximate surface area is 126 Å². The van der Waals surface area contributed by atoms with Gasteiger partial charge in [-0.3, -0.25) is 4.79 Å². The van der Waals surface area contributed by atoms with Crippen LogP contribution in [0.25, 0.3) is 0 Å². The predicted octanol–water partition coefficient (Wildman–Crippen LogP) is 2.89. The number of nitrogen functional groups attached to an aromatic ring is 2. The molecule has 1 aromatic rings. The van der Waals surface area contributed by atoms with Gasteiger partial charge in [-0.1, -0.05) is 20.8 Å². The van der Waals surface area contributed by atoms with Gasteiger partial charge in [-0.2, -0.15) is 0 Å². The number of hydrogen-bond donors (Lipinski definition) is 2. The standard InChI is InChI=1S/C17H25N3O/c1-16(2)7-14-8-17(3,9-16)10-20(14)15(21)11-4-12(18)6-13(19)5-11/h4-6,14H,7-10,18-19H2,1-3H3. The van der Waals surface area contributed by atoms with Crippen LogP contribution < -0.4 is 11.5 Å². The van der Waals surface area contributed by atoms with Crippen LogP contribution in [0.1, 0.15) is 50.4 Å². The van der Waals surface area contributed by atoms with Crippen molar-refractivity contribution in [2.45, 2.75) is 46.1 Å². The zero-order chi connectivity index (χ0) is 15.4. The third-order valence-corrected chi connectivity index (χ3v) is 4.90. The average molecular weight is 287 g/mol. The zero-order valence-electron chi connectivity index (χ0n) is 13.1. The van der Waals surface area contributed by atoms with Crippen LogP contribution >= 0.6 is 0 Å². The molecule has 2 atom stereocenters. The molecule has 1 aromatic carbocycles. The van der Waals surface area contributed by atoms with E-state index in [0.29, 0.717) is 28.4 Å². The van der Waals surface area contributed by atoms with Crippen LogP contribution in [0, 0.1) is 10.8 Å². The number of benzene rings is 1. The largest absolute Gasteiger partial charge is 0.399 e. The lowest BCUT2D eigenvalue weighted by molar-refractivity contribution is 0.0708. The van der Waals surface area contributed by atoms with Gasteiger partial charge in [0.15, 0.2) is 0 Å². The summed E-state index contributed by atoms with van der Waals surface area (Å²) < 4.78 is 0. The summed E-state index contributed by atoms with van der Waals surface area (Å²) in [7, 11) is 0. The molecule has 114 valence electrons. The third-order valence-electron chi connectivity index (χ3n) is 4.90. The number of likely N-dealkylation sites (tertiary alicyclic amines) is 1. The number of nitrogens with zero attached hydrogens (tertiary/aromatic N) is 1. The molecule has 3 rings (SSSR count). The molecule has 4 nitrogen and oxygen atoms in total. The van der Waals surface area contributed by atoms with Crippen LogP contribution in [-0.4, -0.2) is 23.4 Å². The Bertz CT molecular complexity index is 575. The molecule has 0 radical (unpaired) electrons. The highest BCUT2D eigenvalue weighted by atomic mass is 16.2. The van der Waals surface area contributed by atoms with Crippen molar-refractivity contribution >= 4 is 17.3 Å². The Morgan fingerprint density at radius 1 is 1.14 bits per heavy atom. The van der Waals surface area contributed by atoms with Crippen molar-refractivity contribution in [3.8, 4) is 0 Å². The minimum absolute atomic E-state index is 0.0698. The molecule has 1 heterocycles. The second-order valence-corrected chi connectivity index (χ2v) is 8.04. The number of anilines is 2. The summed E-state index contributed by atoms with van der Waals surface area (Å²) >= 11 is 0. The van der Waals surface area contributed by atoms with E-state index in [1.165, 1.54) is 6.42 Å². The molecule has 0 aromatic heterocycles. The Morgan fingerprint density at radius 2 is 1.76 bits per heavy atom. The quantitative estimate of drug-likeness (QED) is 0.780. The van der Waals surface area contributed by atoms with E-state index >= 15 is 0 Å². The molecular weight excluding hydrogens is 262 g/mol. The fraction of sp³-hybridized carbons (Fsp3) is 0.588. The summed E-state index contributed by atoms with van der Waals surface area (Å²) in [6, 6.07) is 5.49. The molecule has 21 heavy (non-hydrogen) atoms. The van der Waals surface area contributed by atoms with Gasteiger partial charge in [-0.15, -0.1) is 0 Å². The first-order chi connectivity index (χ1) is 9.67. The Kier molecular flexibility index (Phi) is 2.98. The lowest BCUT2D eigenvalue weighted by Crippen LogP contribution is -2.37. The molecule has 2 bridgehead atoms. The molecule has 1 amide bonds. The number of hydrogen-bond acceptors (Lipinski definition) is 3. The van der Waals surface area contributed by atoms with E-state index in [-0.39, 0.29) is 11.3 Å². The van der Waals surface area contributed by atoms with Crippen molar-refractivity contribution in [1.29, 1.82) is 0 Å². The SMILES string of the molecule is CC1(C)CC2CC(C)(CN2C(=O)c2cc(N)cc(N)c2)C1. The maximum Gasteiger partial charge on any atom is 0.254 e. The number of fused-ring (bicyclic) bond motifs is 2. The Hall–Kier alpha value is -1.71. The normalized spacial score (nSPS) is 30.4. The zero-order valence-corrected chi connectivity index (χ0v) is 13.1. The van der Waals surface area contributed by atoms with E-state index in [0.717, 1.165) is 19.4 Å². The van der Waals surface area contributed by atoms with Gasteiger partial charge in [-0.05, 0) is 48.3 Å². The second-order valence-electron chi connectivity index (χ2n) is 8.04. The number of amides is 1. The van der Waals surface area contributed by atoms with Crippen LogP contribution in [0.2, 0.25) is 0 Å². The molecule has 4 N–H and O–H groups in total. The van der Waals surface area contributed by atoms with E-state index in [2.05, 4.69) is 20.8 Å². The number of carbonyl (C=O) groups is 1. The second kappa shape index (κ2) is 4.39. The molecular formula is C17H25N3O. The van der Waals surface area contributed by atoms with Crippen LogP contribution in [0.4, 0.5) is 11.4 Å². The van der Waals surface area contributed by atoms with E-state index in [4.69, 9.17) is 11.5 Å². The maximum atomic E-state index is 12.9. The van der Waals surface area contributed by atoms with E-state index < -0.39 is 0 Å². The van der Waals surface area contributed by atoms with Gasteiger partial charge >= 0.3 is 0 Å². The van der Waals surface area contributed by atoms with Gasteiger partial charge in [-0.25, -0.2) is 0 Å². The molecule has 1 saturated heterocycles. The lowest BCUT2D eigenvalue weighted by Gasteiger charge is -2.39. The van der Waals surface area contributed by atoms with Crippen LogP contribution in [-0.2, 0) is 0 Å².